The Morgan fingerprint density at radius 1 is 1.00 bits per heavy atom. The van der Waals surface area contributed by atoms with E-state index in [1.165, 1.54) is 64.2 Å². The summed E-state index contributed by atoms with van der Waals surface area (Å²) in [6.45, 7) is 9.42. The van der Waals surface area contributed by atoms with Crippen LogP contribution in [0.5, 0.6) is 0 Å². The largest absolute Gasteiger partial charge is 0.300 e. The second-order valence-corrected chi connectivity index (χ2v) is 10.4. The van der Waals surface area contributed by atoms with E-state index >= 15 is 0 Å². The van der Waals surface area contributed by atoms with Crippen molar-refractivity contribution in [1.82, 2.24) is 0 Å². The standard InChI is InChI=1S/C23H38O/c1-5-16-14-20(15(2)24)23(4)13-11-19-18(21(16)23)10-9-17-8-6-7-12-22(17,19)3/h16-21H,5-14H2,1-4H3/t16?,17?,18-,19+,20-,21+,22+,23-/m1/s1. The minimum atomic E-state index is 0.311. The molecule has 4 aliphatic rings. The fraction of sp³-hybridized carbons (Fsp3) is 0.957. The lowest BCUT2D eigenvalue weighted by molar-refractivity contribution is -0.135. The molecule has 136 valence electrons. The lowest BCUT2D eigenvalue weighted by Crippen LogP contribution is -2.54. The van der Waals surface area contributed by atoms with Gasteiger partial charge in [-0.3, -0.25) is 4.79 Å². The number of rotatable bonds is 2. The number of fused-ring (bicyclic) bond motifs is 5. The zero-order valence-electron chi connectivity index (χ0n) is 16.4. The van der Waals surface area contributed by atoms with Gasteiger partial charge in [0.05, 0.1) is 0 Å². The molecule has 0 aromatic heterocycles. The first-order valence-electron chi connectivity index (χ1n) is 10.9. The van der Waals surface area contributed by atoms with Crippen LogP contribution in [0.25, 0.3) is 0 Å². The van der Waals surface area contributed by atoms with Gasteiger partial charge in [-0.25, -0.2) is 0 Å². The quantitative estimate of drug-likeness (QED) is 0.584. The molecule has 0 bridgehead atoms. The molecule has 0 spiro atoms. The molecule has 2 unspecified atom stereocenters. The van der Waals surface area contributed by atoms with Gasteiger partial charge in [0.1, 0.15) is 5.78 Å². The van der Waals surface area contributed by atoms with Gasteiger partial charge in [-0.2, -0.15) is 0 Å². The van der Waals surface area contributed by atoms with Gasteiger partial charge in [-0.1, -0.05) is 40.0 Å². The molecular weight excluding hydrogens is 292 g/mol. The summed E-state index contributed by atoms with van der Waals surface area (Å²) in [5.74, 6) is 5.34. The lowest BCUT2D eigenvalue weighted by Gasteiger charge is -2.61. The third-order valence-corrected chi connectivity index (χ3v) is 9.74. The number of carbonyl (C=O) groups excluding carboxylic acids is 1. The van der Waals surface area contributed by atoms with Crippen LogP contribution in [0.2, 0.25) is 0 Å². The Hall–Kier alpha value is -0.330. The van der Waals surface area contributed by atoms with Gasteiger partial charge in [-0.15, -0.1) is 0 Å². The van der Waals surface area contributed by atoms with Crippen LogP contribution in [0, 0.1) is 46.3 Å². The molecule has 4 saturated carbocycles. The van der Waals surface area contributed by atoms with Crippen LogP contribution in [0.1, 0.15) is 91.9 Å². The first-order valence-corrected chi connectivity index (χ1v) is 10.9. The monoisotopic (exact) mass is 330 g/mol. The van der Waals surface area contributed by atoms with E-state index in [0.717, 1.165) is 29.6 Å². The Bertz CT molecular complexity index is 510. The second-order valence-electron chi connectivity index (χ2n) is 10.4. The lowest BCUT2D eigenvalue weighted by atomic mass is 9.44. The molecule has 0 N–H and O–H groups in total. The van der Waals surface area contributed by atoms with Gasteiger partial charge in [0.25, 0.3) is 0 Å². The van der Waals surface area contributed by atoms with Crippen LogP contribution in [0.15, 0.2) is 0 Å². The van der Waals surface area contributed by atoms with E-state index in [2.05, 4.69) is 20.8 Å². The van der Waals surface area contributed by atoms with Gasteiger partial charge < -0.3 is 0 Å². The van der Waals surface area contributed by atoms with Gasteiger partial charge in [0.2, 0.25) is 0 Å². The smallest absolute Gasteiger partial charge is 0.133 e. The van der Waals surface area contributed by atoms with Crippen molar-refractivity contribution >= 4 is 5.78 Å². The van der Waals surface area contributed by atoms with Crippen LogP contribution < -0.4 is 0 Å². The first kappa shape index (κ1) is 17.1. The Labute approximate surface area is 149 Å². The van der Waals surface area contributed by atoms with Gasteiger partial charge in [0.15, 0.2) is 0 Å². The number of hydrogen-bond donors (Lipinski definition) is 0. The Balaban J connectivity index is 1.68. The molecule has 0 amide bonds. The average Bonchev–Trinajstić information content (AvgIpc) is 2.87. The topological polar surface area (TPSA) is 17.1 Å². The molecule has 0 aliphatic heterocycles. The molecule has 8 atom stereocenters. The Morgan fingerprint density at radius 3 is 2.50 bits per heavy atom. The molecule has 1 heteroatoms. The van der Waals surface area contributed by atoms with Crippen LogP contribution in [-0.4, -0.2) is 5.78 Å². The number of carbonyl (C=O) groups is 1. The maximum absolute atomic E-state index is 12.4. The van der Waals surface area contributed by atoms with Crippen molar-refractivity contribution in [1.29, 1.82) is 0 Å². The van der Waals surface area contributed by atoms with Crippen molar-refractivity contribution in [2.45, 2.75) is 91.9 Å². The predicted octanol–water partition coefficient (Wildman–Crippen LogP) is 6.26. The molecule has 4 rings (SSSR count). The molecule has 0 aromatic rings. The van der Waals surface area contributed by atoms with Gasteiger partial charge in [-0.05, 0) is 92.3 Å². The predicted molar refractivity (Wildman–Crippen MR) is 99.7 cm³/mol. The van der Waals surface area contributed by atoms with Crippen molar-refractivity contribution in [2.24, 2.45) is 46.3 Å². The molecule has 0 aromatic carbocycles. The van der Waals surface area contributed by atoms with Crippen molar-refractivity contribution < 1.29 is 4.79 Å². The third kappa shape index (κ3) is 2.21. The Kier molecular flexibility index (Phi) is 4.17. The van der Waals surface area contributed by atoms with Gasteiger partial charge >= 0.3 is 0 Å². The van der Waals surface area contributed by atoms with Crippen molar-refractivity contribution in [3.8, 4) is 0 Å². The maximum atomic E-state index is 12.4. The summed E-state index contributed by atoms with van der Waals surface area (Å²) in [6.07, 6.45) is 14.1. The fourth-order valence-corrected chi connectivity index (χ4v) is 8.64. The summed E-state index contributed by atoms with van der Waals surface area (Å²) in [6, 6.07) is 0. The summed E-state index contributed by atoms with van der Waals surface area (Å²) in [4.78, 5) is 12.4. The normalized spacial score (nSPS) is 53.8. The molecule has 0 heterocycles. The van der Waals surface area contributed by atoms with E-state index in [4.69, 9.17) is 0 Å². The molecule has 0 radical (unpaired) electrons. The summed E-state index contributed by atoms with van der Waals surface area (Å²) in [5.41, 5.74) is 0.931. The number of hydrogen-bond acceptors (Lipinski definition) is 1. The van der Waals surface area contributed by atoms with Crippen LogP contribution >= 0.6 is 0 Å². The molecule has 0 saturated heterocycles. The van der Waals surface area contributed by atoms with E-state index in [9.17, 15) is 4.79 Å². The molecule has 4 fully saturated rings. The summed E-state index contributed by atoms with van der Waals surface area (Å²) < 4.78 is 0. The minimum absolute atomic E-state index is 0.311. The van der Waals surface area contributed by atoms with Crippen LogP contribution in [-0.2, 0) is 4.79 Å². The van der Waals surface area contributed by atoms with E-state index < -0.39 is 0 Å². The van der Waals surface area contributed by atoms with Crippen molar-refractivity contribution in [3.63, 3.8) is 0 Å². The fourth-order valence-electron chi connectivity index (χ4n) is 8.64. The number of ketones is 1. The highest BCUT2D eigenvalue weighted by Crippen LogP contribution is 2.69. The zero-order valence-corrected chi connectivity index (χ0v) is 16.4. The van der Waals surface area contributed by atoms with E-state index in [1.807, 2.05) is 6.92 Å². The highest BCUT2D eigenvalue weighted by Gasteiger charge is 2.62. The molecule has 4 aliphatic carbocycles. The van der Waals surface area contributed by atoms with Crippen molar-refractivity contribution in [3.05, 3.63) is 0 Å². The highest BCUT2D eigenvalue weighted by atomic mass is 16.1. The minimum Gasteiger partial charge on any atom is -0.300 e. The maximum Gasteiger partial charge on any atom is 0.133 e. The SMILES string of the molecule is CCC1C[C@H](C(C)=O)[C@@]2(C)CC[C@H]3[C@@H](CCC4CCCC[C@@]43C)[C@H]12. The second kappa shape index (κ2) is 5.85. The first-order chi connectivity index (χ1) is 11.4. The molecule has 1 nitrogen and oxygen atoms in total. The highest BCUT2D eigenvalue weighted by molar-refractivity contribution is 5.79. The molecular formula is C23H38O. The summed E-state index contributed by atoms with van der Waals surface area (Å²) >= 11 is 0. The summed E-state index contributed by atoms with van der Waals surface area (Å²) in [5, 5.41) is 0. The summed E-state index contributed by atoms with van der Waals surface area (Å²) in [7, 11) is 0. The average molecular weight is 331 g/mol. The van der Waals surface area contributed by atoms with E-state index in [0.29, 0.717) is 22.5 Å². The van der Waals surface area contributed by atoms with E-state index in [1.54, 1.807) is 0 Å². The van der Waals surface area contributed by atoms with Crippen LogP contribution in [0.4, 0.5) is 0 Å². The van der Waals surface area contributed by atoms with E-state index in [-0.39, 0.29) is 0 Å². The van der Waals surface area contributed by atoms with Gasteiger partial charge in [0, 0.05) is 5.92 Å². The third-order valence-electron chi connectivity index (χ3n) is 9.74. The van der Waals surface area contributed by atoms with Crippen LogP contribution in [0.3, 0.4) is 0 Å². The van der Waals surface area contributed by atoms with Crippen molar-refractivity contribution in [2.75, 3.05) is 0 Å². The molecule has 24 heavy (non-hydrogen) atoms. The zero-order chi connectivity index (χ0) is 17.1. The number of Topliss-reactive ketones (excluding diaryl/α,β-unsaturated/α-hetero) is 1. The Morgan fingerprint density at radius 2 is 1.79 bits per heavy atom.